The number of esters is 1. The van der Waals surface area contributed by atoms with E-state index in [1.165, 1.54) is 61.3 Å². The quantitative estimate of drug-likeness (QED) is 0.489. The highest BCUT2D eigenvalue weighted by Gasteiger charge is 2.57. The van der Waals surface area contributed by atoms with Crippen LogP contribution in [-0.2, 0) is 20.4 Å². The van der Waals surface area contributed by atoms with E-state index < -0.39 is 0 Å². The maximum atomic E-state index is 12.8. The second-order valence-electron chi connectivity index (χ2n) is 10.2. The Morgan fingerprint density at radius 1 is 1.00 bits per heavy atom. The molecule has 0 unspecified atom stereocenters. The minimum atomic E-state index is -0.272. The van der Waals surface area contributed by atoms with Crippen molar-refractivity contribution in [2.45, 2.75) is 76.2 Å². The first kappa shape index (κ1) is 19.8. The van der Waals surface area contributed by atoms with E-state index in [9.17, 15) is 4.79 Å². The summed E-state index contributed by atoms with van der Waals surface area (Å²) >= 11 is 0. The van der Waals surface area contributed by atoms with Crippen molar-refractivity contribution in [2.75, 3.05) is 18.1 Å². The van der Waals surface area contributed by atoms with Gasteiger partial charge < -0.3 is 9.47 Å². The molecule has 4 bridgehead atoms. The van der Waals surface area contributed by atoms with E-state index in [1.54, 1.807) is 0 Å². The van der Waals surface area contributed by atoms with Gasteiger partial charge in [0.25, 0.3) is 0 Å². The highest BCUT2D eigenvalue weighted by Crippen LogP contribution is 2.59. The average molecular weight is 416 g/mol. The molecule has 1 aliphatic heterocycles. The molecule has 4 saturated carbocycles. The summed E-state index contributed by atoms with van der Waals surface area (Å²) in [4.78, 5) is 14.2. The fourth-order valence-electron chi connectivity index (χ4n) is 6.89. The SMILES string of the molecule is Cc1cc([S+]2CCCC2)cc(C)c1OCC(=O)OC1(C)C2CC3CC(C2)CC1C3. The molecule has 0 radical (unpaired) electrons. The zero-order chi connectivity index (χ0) is 20.2. The molecule has 5 aliphatic rings. The van der Waals surface area contributed by atoms with Crippen LogP contribution in [0, 0.1) is 37.5 Å². The molecular formula is C25H35O3S+. The molecule has 4 heteroatoms. The Hall–Kier alpha value is -1.16. The van der Waals surface area contributed by atoms with Gasteiger partial charge in [0, 0.05) is 10.9 Å². The number of ether oxygens (including phenoxy) is 2. The summed E-state index contributed by atoms with van der Waals surface area (Å²) in [5, 5.41) is 0. The van der Waals surface area contributed by atoms with E-state index in [0.717, 1.165) is 28.7 Å². The molecule has 29 heavy (non-hydrogen) atoms. The summed E-state index contributed by atoms with van der Waals surface area (Å²) < 4.78 is 12.2. The molecule has 0 aromatic heterocycles. The topological polar surface area (TPSA) is 35.5 Å². The molecule has 0 atom stereocenters. The van der Waals surface area contributed by atoms with Gasteiger partial charge in [-0.1, -0.05) is 0 Å². The third kappa shape index (κ3) is 3.60. The summed E-state index contributed by atoms with van der Waals surface area (Å²) in [7, 11) is 0.408. The highest BCUT2D eigenvalue weighted by molar-refractivity contribution is 7.97. The molecule has 158 valence electrons. The van der Waals surface area contributed by atoms with Gasteiger partial charge in [0.15, 0.2) is 11.5 Å². The van der Waals surface area contributed by atoms with Crippen LogP contribution in [0.3, 0.4) is 0 Å². The number of hydrogen-bond acceptors (Lipinski definition) is 3. The molecule has 0 amide bonds. The molecule has 1 heterocycles. The van der Waals surface area contributed by atoms with Crippen molar-refractivity contribution in [2.24, 2.45) is 23.7 Å². The number of rotatable bonds is 5. The van der Waals surface area contributed by atoms with Crippen molar-refractivity contribution in [3.05, 3.63) is 23.3 Å². The van der Waals surface area contributed by atoms with Crippen LogP contribution in [0.1, 0.15) is 63.0 Å². The van der Waals surface area contributed by atoms with Crippen molar-refractivity contribution in [3.63, 3.8) is 0 Å². The summed E-state index contributed by atoms with van der Waals surface area (Å²) in [6, 6.07) is 4.56. The van der Waals surface area contributed by atoms with Crippen LogP contribution in [0.2, 0.25) is 0 Å². The summed E-state index contributed by atoms with van der Waals surface area (Å²) in [6.45, 7) is 6.44. The Labute approximate surface area is 178 Å². The standard InChI is InChI=1S/C25H35O3S/c1-16-8-22(29-6-4-5-7-29)9-17(2)24(16)27-15-23(26)28-25(3)20-11-18-10-19(13-20)14-21(25)12-18/h8-9,18-21H,4-7,10-15H2,1-3H3/q+1. The molecule has 4 aliphatic carbocycles. The second-order valence-corrected chi connectivity index (χ2v) is 12.5. The molecule has 6 rings (SSSR count). The van der Waals surface area contributed by atoms with Crippen LogP contribution in [-0.4, -0.2) is 29.7 Å². The van der Waals surface area contributed by atoms with E-state index >= 15 is 0 Å². The van der Waals surface area contributed by atoms with Crippen LogP contribution in [0.5, 0.6) is 5.75 Å². The highest BCUT2D eigenvalue weighted by atomic mass is 32.2. The lowest BCUT2D eigenvalue weighted by atomic mass is 9.50. The maximum absolute atomic E-state index is 12.8. The second kappa shape index (κ2) is 7.51. The van der Waals surface area contributed by atoms with Gasteiger partial charge in [-0.05, 0) is 113 Å². The summed E-state index contributed by atoms with van der Waals surface area (Å²) in [5.41, 5.74) is 2.02. The zero-order valence-corrected chi connectivity index (χ0v) is 19.0. The lowest BCUT2D eigenvalue weighted by Gasteiger charge is -2.59. The van der Waals surface area contributed by atoms with Gasteiger partial charge in [0.1, 0.15) is 22.9 Å². The number of hydrogen-bond donors (Lipinski definition) is 0. The monoisotopic (exact) mass is 415 g/mol. The first-order valence-corrected chi connectivity index (χ1v) is 13.1. The summed E-state index contributed by atoms with van der Waals surface area (Å²) in [6.07, 6.45) is 9.12. The van der Waals surface area contributed by atoms with Crippen molar-refractivity contribution in [3.8, 4) is 5.75 Å². The van der Waals surface area contributed by atoms with Crippen molar-refractivity contribution < 1.29 is 14.3 Å². The van der Waals surface area contributed by atoms with E-state index in [2.05, 4.69) is 32.9 Å². The van der Waals surface area contributed by atoms with Crippen LogP contribution in [0.15, 0.2) is 17.0 Å². The van der Waals surface area contributed by atoms with Gasteiger partial charge in [-0.15, -0.1) is 0 Å². The molecule has 1 saturated heterocycles. The van der Waals surface area contributed by atoms with E-state index in [0.29, 0.717) is 22.7 Å². The third-order valence-corrected chi connectivity index (χ3v) is 10.7. The van der Waals surface area contributed by atoms with Gasteiger partial charge >= 0.3 is 5.97 Å². The summed E-state index contributed by atoms with van der Waals surface area (Å²) in [5.74, 6) is 6.19. The van der Waals surface area contributed by atoms with Crippen LogP contribution in [0.25, 0.3) is 0 Å². The molecule has 1 aromatic carbocycles. The maximum Gasteiger partial charge on any atom is 0.344 e. The largest absolute Gasteiger partial charge is 0.481 e. The smallest absolute Gasteiger partial charge is 0.344 e. The van der Waals surface area contributed by atoms with Gasteiger partial charge in [-0.25, -0.2) is 4.79 Å². The molecular weight excluding hydrogens is 380 g/mol. The van der Waals surface area contributed by atoms with E-state index in [-0.39, 0.29) is 18.2 Å². The van der Waals surface area contributed by atoms with Crippen LogP contribution in [0.4, 0.5) is 0 Å². The minimum absolute atomic E-state index is 0.0224. The van der Waals surface area contributed by atoms with Gasteiger partial charge in [0.05, 0.1) is 0 Å². The Bertz CT molecular complexity index is 744. The average Bonchev–Trinajstić information content (AvgIpc) is 3.20. The lowest BCUT2D eigenvalue weighted by molar-refractivity contribution is -0.204. The normalized spacial score (nSPS) is 35.8. The van der Waals surface area contributed by atoms with E-state index in [1.807, 2.05) is 0 Å². The van der Waals surface area contributed by atoms with Gasteiger partial charge in [0.2, 0.25) is 0 Å². The number of carbonyl (C=O) groups is 1. The molecule has 0 spiro atoms. The van der Waals surface area contributed by atoms with Crippen LogP contribution >= 0.6 is 0 Å². The zero-order valence-electron chi connectivity index (χ0n) is 18.2. The molecule has 1 aromatic rings. The predicted octanol–water partition coefficient (Wildman–Crippen LogP) is 5.21. The van der Waals surface area contributed by atoms with Crippen molar-refractivity contribution in [1.29, 1.82) is 0 Å². The van der Waals surface area contributed by atoms with Crippen molar-refractivity contribution >= 4 is 16.9 Å². The Balaban J connectivity index is 1.23. The van der Waals surface area contributed by atoms with Gasteiger partial charge in [-0.3, -0.25) is 0 Å². The molecule has 5 fully saturated rings. The fraction of sp³-hybridized carbons (Fsp3) is 0.720. The molecule has 0 N–H and O–H groups in total. The lowest BCUT2D eigenvalue weighted by Crippen LogP contribution is -2.58. The van der Waals surface area contributed by atoms with Gasteiger partial charge in [-0.2, -0.15) is 0 Å². The Kier molecular flexibility index (Phi) is 5.13. The minimum Gasteiger partial charge on any atom is -0.481 e. The van der Waals surface area contributed by atoms with Crippen LogP contribution < -0.4 is 4.74 Å². The first-order chi connectivity index (χ1) is 13.9. The fourth-order valence-corrected chi connectivity index (χ4v) is 9.36. The number of benzene rings is 1. The Morgan fingerprint density at radius 3 is 2.10 bits per heavy atom. The Morgan fingerprint density at radius 2 is 1.55 bits per heavy atom. The predicted molar refractivity (Wildman–Crippen MR) is 118 cm³/mol. The number of aryl methyl sites for hydroxylation is 2. The number of carbonyl (C=O) groups excluding carboxylic acids is 1. The van der Waals surface area contributed by atoms with Crippen molar-refractivity contribution in [1.82, 2.24) is 0 Å². The third-order valence-electron chi connectivity index (χ3n) is 8.23. The first-order valence-electron chi connectivity index (χ1n) is 11.6. The molecule has 3 nitrogen and oxygen atoms in total. The van der Waals surface area contributed by atoms with E-state index in [4.69, 9.17) is 9.47 Å².